The number of alkyl halides is 1. The van der Waals surface area contributed by atoms with Gasteiger partial charge in [0.2, 0.25) is 0 Å². The first kappa shape index (κ1) is 15.2. The van der Waals surface area contributed by atoms with Crippen LogP contribution in [0.5, 0.6) is 0 Å². The van der Waals surface area contributed by atoms with Crippen LogP contribution in [0.3, 0.4) is 0 Å². The minimum Gasteiger partial charge on any atom is -0.468 e. The summed E-state index contributed by atoms with van der Waals surface area (Å²) in [4.78, 5) is 23.4. The number of Topliss-reactive ketones (excluding diaryl/α,β-unsaturated/α-hetero) is 1. The van der Waals surface area contributed by atoms with E-state index in [1.807, 2.05) is 19.9 Å². The van der Waals surface area contributed by atoms with Gasteiger partial charge in [-0.2, -0.15) is 0 Å². The first-order chi connectivity index (χ1) is 9.33. The molecule has 1 fully saturated rings. The van der Waals surface area contributed by atoms with Crippen molar-refractivity contribution in [2.45, 2.75) is 43.9 Å². The average Bonchev–Trinajstić information content (AvgIpc) is 3.17. The number of hydrogen-bond donors (Lipinski definition) is 0. The van der Waals surface area contributed by atoms with Crippen molar-refractivity contribution in [2.24, 2.45) is 0 Å². The molecule has 1 aromatic carbocycles. The molecular weight excluding hydrogens is 320 g/mol. The van der Waals surface area contributed by atoms with Crippen LogP contribution in [0.25, 0.3) is 0 Å². The highest BCUT2D eigenvalue weighted by Gasteiger charge is 2.51. The van der Waals surface area contributed by atoms with Gasteiger partial charge >= 0.3 is 5.97 Å². The minimum absolute atomic E-state index is 0.176. The summed E-state index contributed by atoms with van der Waals surface area (Å²) in [5.41, 5.74) is 3.62. The number of ether oxygens (including phenoxy) is 1. The van der Waals surface area contributed by atoms with E-state index in [1.54, 1.807) is 6.92 Å². The molecule has 1 saturated carbocycles. The van der Waals surface area contributed by atoms with Gasteiger partial charge in [-0.25, -0.2) is 0 Å². The maximum atomic E-state index is 12.0. The van der Waals surface area contributed by atoms with E-state index in [2.05, 4.69) is 22.0 Å². The van der Waals surface area contributed by atoms with Gasteiger partial charge in [0.25, 0.3) is 0 Å². The highest BCUT2D eigenvalue weighted by atomic mass is 79.9. The van der Waals surface area contributed by atoms with Crippen molar-refractivity contribution in [3.05, 3.63) is 34.4 Å². The Hall–Kier alpha value is -1.16. The number of hydrogen-bond acceptors (Lipinski definition) is 3. The molecule has 4 heteroatoms. The molecule has 0 amide bonds. The van der Waals surface area contributed by atoms with Crippen LogP contribution in [0, 0.1) is 13.8 Å². The molecule has 2 rings (SSSR count). The van der Waals surface area contributed by atoms with Crippen LogP contribution >= 0.6 is 15.9 Å². The monoisotopic (exact) mass is 338 g/mol. The van der Waals surface area contributed by atoms with Gasteiger partial charge in [0.1, 0.15) is 10.6 Å². The number of methoxy groups -OCH3 is 1. The van der Waals surface area contributed by atoms with E-state index in [1.165, 1.54) is 7.11 Å². The van der Waals surface area contributed by atoms with E-state index < -0.39 is 10.2 Å². The fourth-order valence-electron chi connectivity index (χ4n) is 2.99. The summed E-state index contributed by atoms with van der Waals surface area (Å²) in [6, 6.07) is 4.04. The maximum absolute atomic E-state index is 12.0. The second kappa shape index (κ2) is 5.32. The Bertz CT molecular complexity index is 573. The molecule has 20 heavy (non-hydrogen) atoms. The van der Waals surface area contributed by atoms with Crippen molar-refractivity contribution < 1.29 is 14.3 Å². The molecule has 0 heterocycles. The lowest BCUT2D eigenvalue weighted by Crippen LogP contribution is -2.23. The van der Waals surface area contributed by atoms with Gasteiger partial charge in [-0.1, -0.05) is 33.6 Å². The summed E-state index contributed by atoms with van der Waals surface area (Å²) in [6.45, 7) is 5.63. The van der Waals surface area contributed by atoms with Crippen LogP contribution in [0.1, 0.15) is 46.8 Å². The van der Waals surface area contributed by atoms with E-state index in [0.717, 1.165) is 35.1 Å². The normalized spacial score (nSPS) is 17.4. The Kier molecular flexibility index (Phi) is 4.05. The van der Waals surface area contributed by atoms with Gasteiger partial charge < -0.3 is 4.74 Å². The Morgan fingerprint density at radius 1 is 1.30 bits per heavy atom. The highest BCUT2D eigenvalue weighted by Crippen LogP contribution is 2.53. The lowest BCUT2D eigenvalue weighted by molar-refractivity contribution is -0.140. The first-order valence-corrected chi connectivity index (χ1v) is 7.59. The molecule has 0 spiro atoms. The Labute approximate surface area is 127 Å². The maximum Gasteiger partial charge on any atom is 0.324 e. The van der Waals surface area contributed by atoms with Gasteiger partial charge in [0.15, 0.2) is 0 Å². The van der Waals surface area contributed by atoms with Crippen LogP contribution in [0.2, 0.25) is 0 Å². The fourth-order valence-corrected chi connectivity index (χ4v) is 3.54. The minimum atomic E-state index is -0.530. The smallest absolute Gasteiger partial charge is 0.324 e. The second-order valence-corrected chi connectivity index (χ2v) is 6.49. The van der Waals surface area contributed by atoms with E-state index >= 15 is 0 Å². The Morgan fingerprint density at radius 3 is 2.35 bits per heavy atom. The van der Waals surface area contributed by atoms with Crippen molar-refractivity contribution in [3.8, 4) is 0 Å². The van der Waals surface area contributed by atoms with Crippen LogP contribution in [-0.4, -0.2) is 18.9 Å². The molecular formula is C16H19BrO3. The number of carbonyl (C=O) groups is 2. The van der Waals surface area contributed by atoms with Crippen molar-refractivity contribution in [1.29, 1.82) is 0 Å². The Morgan fingerprint density at radius 2 is 1.90 bits per heavy atom. The number of aryl methyl sites for hydroxylation is 2. The Balaban J connectivity index is 2.62. The highest BCUT2D eigenvalue weighted by molar-refractivity contribution is 9.09. The molecule has 1 aliphatic rings. The van der Waals surface area contributed by atoms with Crippen molar-refractivity contribution in [1.82, 2.24) is 0 Å². The zero-order valence-corrected chi connectivity index (χ0v) is 13.8. The van der Waals surface area contributed by atoms with Gasteiger partial charge in [0.05, 0.1) is 12.5 Å². The fraction of sp³-hybridized carbons (Fsp3) is 0.500. The zero-order valence-electron chi connectivity index (χ0n) is 12.2. The van der Waals surface area contributed by atoms with Gasteiger partial charge in [-0.05, 0) is 50.3 Å². The summed E-state index contributed by atoms with van der Waals surface area (Å²) in [5.74, 6) is -0.161. The van der Waals surface area contributed by atoms with E-state index in [4.69, 9.17) is 4.74 Å². The zero-order chi connectivity index (χ0) is 15.1. The second-order valence-electron chi connectivity index (χ2n) is 5.57. The number of halogens is 1. The molecule has 0 aromatic heterocycles. The third kappa shape index (κ3) is 2.41. The van der Waals surface area contributed by atoms with Crippen LogP contribution < -0.4 is 0 Å². The molecule has 108 valence electrons. The lowest BCUT2D eigenvalue weighted by Gasteiger charge is -2.22. The molecule has 1 unspecified atom stereocenters. The standard InChI is InChI=1S/C16H19BrO3/c1-9-7-10(2)13(16(5-6-16)11(3)18)12(8-9)14(17)15(19)20-4/h7-8,14H,5-6H2,1-4H3. The molecule has 0 bridgehead atoms. The summed E-state index contributed by atoms with van der Waals surface area (Å²) in [5, 5.41) is 0. The number of benzene rings is 1. The van der Waals surface area contributed by atoms with Gasteiger partial charge in [-0.15, -0.1) is 0 Å². The van der Waals surface area contributed by atoms with E-state index in [-0.39, 0.29) is 11.8 Å². The SMILES string of the molecule is COC(=O)C(Br)c1cc(C)cc(C)c1C1(C(C)=O)CC1. The van der Waals surface area contributed by atoms with Crippen molar-refractivity contribution >= 4 is 27.7 Å². The van der Waals surface area contributed by atoms with Crippen LogP contribution in [-0.2, 0) is 19.7 Å². The van der Waals surface area contributed by atoms with E-state index in [9.17, 15) is 9.59 Å². The molecule has 0 N–H and O–H groups in total. The first-order valence-electron chi connectivity index (χ1n) is 6.68. The van der Waals surface area contributed by atoms with Crippen molar-refractivity contribution in [3.63, 3.8) is 0 Å². The predicted molar refractivity (Wildman–Crippen MR) is 81.2 cm³/mol. The van der Waals surface area contributed by atoms with Crippen molar-refractivity contribution in [2.75, 3.05) is 7.11 Å². The number of esters is 1. The molecule has 1 atom stereocenters. The summed E-state index contributed by atoms with van der Waals surface area (Å²) < 4.78 is 4.82. The van der Waals surface area contributed by atoms with Gasteiger partial charge in [0, 0.05) is 0 Å². The quantitative estimate of drug-likeness (QED) is 0.623. The molecule has 3 nitrogen and oxygen atoms in total. The number of carbonyl (C=O) groups excluding carboxylic acids is 2. The van der Waals surface area contributed by atoms with Gasteiger partial charge in [-0.3, -0.25) is 9.59 Å². The summed E-state index contributed by atoms with van der Waals surface area (Å²) >= 11 is 3.41. The third-order valence-electron chi connectivity index (χ3n) is 4.09. The predicted octanol–water partition coefficient (Wildman–Crippen LogP) is 3.53. The molecule has 0 saturated heterocycles. The summed E-state index contributed by atoms with van der Waals surface area (Å²) in [7, 11) is 1.37. The van der Waals surface area contributed by atoms with E-state index in [0.29, 0.717) is 0 Å². The van der Waals surface area contributed by atoms with Crippen LogP contribution in [0.15, 0.2) is 12.1 Å². The van der Waals surface area contributed by atoms with Crippen LogP contribution in [0.4, 0.5) is 0 Å². The molecule has 0 radical (unpaired) electrons. The molecule has 1 aromatic rings. The average molecular weight is 339 g/mol. The molecule has 1 aliphatic carbocycles. The summed E-state index contributed by atoms with van der Waals surface area (Å²) in [6.07, 6.45) is 1.72. The third-order valence-corrected chi connectivity index (χ3v) is 4.96. The lowest BCUT2D eigenvalue weighted by atomic mass is 9.83. The number of rotatable bonds is 4. The number of ketones is 1. The topological polar surface area (TPSA) is 43.4 Å². The largest absolute Gasteiger partial charge is 0.468 e. The molecule has 0 aliphatic heterocycles.